The Bertz CT molecular complexity index is 261. The van der Waals surface area contributed by atoms with Gasteiger partial charge in [-0.25, -0.2) is 8.42 Å². The molecule has 13 heavy (non-hydrogen) atoms. The highest BCUT2D eigenvalue weighted by molar-refractivity contribution is 8.14. The molecule has 0 aromatic rings. The molecule has 0 amide bonds. The average Bonchev–Trinajstić information content (AvgIpc) is 2.31. The number of hydrogen-bond acceptors (Lipinski definition) is 3. The largest absolute Gasteiger partial charge is 0.374 e. The van der Waals surface area contributed by atoms with E-state index < -0.39 is 14.3 Å². The first kappa shape index (κ1) is 11.3. The van der Waals surface area contributed by atoms with Crippen LogP contribution in [0.25, 0.3) is 0 Å². The fraction of sp³-hybridized carbons (Fsp3) is 1.00. The van der Waals surface area contributed by atoms with Crippen molar-refractivity contribution in [3.63, 3.8) is 0 Å². The molecule has 78 valence electrons. The van der Waals surface area contributed by atoms with E-state index in [0.717, 1.165) is 12.8 Å². The highest BCUT2D eigenvalue weighted by Crippen LogP contribution is 2.30. The summed E-state index contributed by atoms with van der Waals surface area (Å²) in [6, 6.07) is 0. The fourth-order valence-electron chi connectivity index (χ4n) is 1.72. The second kappa shape index (κ2) is 4.15. The van der Waals surface area contributed by atoms with Crippen molar-refractivity contribution in [2.45, 2.75) is 50.6 Å². The molecule has 5 heteroatoms. The molecule has 0 unspecified atom stereocenters. The maximum Gasteiger partial charge on any atom is 0.238 e. The van der Waals surface area contributed by atoms with Gasteiger partial charge in [-0.3, -0.25) is 0 Å². The summed E-state index contributed by atoms with van der Waals surface area (Å²) in [4.78, 5) is 0. The average molecular weight is 227 g/mol. The van der Waals surface area contributed by atoms with Gasteiger partial charge in [-0.15, -0.1) is 0 Å². The van der Waals surface area contributed by atoms with Crippen LogP contribution >= 0.6 is 10.7 Å². The summed E-state index contributed by atoms with van der Waals surface area (Å²) in [5.41, 5.74) is 0. The molecule has 1 aliphatic carbocycles. The molecule has 0 saturated heterocycles. The second-order valence-corrected chi connectivity index (χ2v) is 6.52. The lowest BCUT2D eigenvalue weighted by Gasteiger charge is -2.19. The molecule has 0 aliphatic heterocycles. The van der Waals surface area contributed by atoms with E-state index in [1.807, 2.05) is 13.8 Å². The van der Waals surface area contributed by atoms with Crippen LogP contribution < -0.4 is 0 Å². The zero-order valence-corrected chi connectivity index (χ0v) is 9.44. The van der Waals surface area contributed by atoms with Gasteiger partial charge in [-0.1, -0.05) is 0 Å². The van der Waals surface area contributed by atoms with Crippen molar-refractivity contribution in [1.82, 2.24) is 0 Å². The van der Waals surface area contributed by atoms with Gasteiger partial charge in [-0.2, -0.15) is 0 Å². The van der Waals surface area contributed by atoms with Crippen molar-refractivity contribution in [1.29, 1.82) is 0 Å². The molecule has 0 aromatic carbocycles. The van der Waals surface area contributed by atoms with Gasteiger partial charge in [0, 0.05) is 10.7 Å². The first-order valence-electron chi connectivity index (χ1n) is 4.50. The molecule has 2 atom stereocenters. The van der Waals surface area contributed by atoms with E-state index in [1.54, 1.807) is 0 Å². The predicted molar refractivity (Wildman–Crippen MR) is 52.4 cm³/mol. The Hall–Kier alpha value is 0.200. The third-order valence-corrected chi connectivity index (χ3v) is 4.15. The van der Waals surface area contributed by atoms with Crippen molar-refractivity contribution in [3.8, 4) is 0 Å². The van der Waals surface area contributed by atoms with Crippen LogP contribution in [-0.2, 0) is 13.8 Å². The lowest BCUT2D eigenvalue weighted by Crippen LogP contribution is -2.30. The third kappa shape index (κ3) is 3.11. The van der Waals surface area contributed by atoms with Crippen LogP contribution in [0.5, 0.6) is 0 Å². The summed E-state index contributed by atoms with van der Waals surface area (Å²) in [5, 5.41) is -0.503. The molecule has 1 fully saturated rings. The minimum Gasteiger partial charge on any atom is -0.374 e. The number of rotatable bonds is 3. The Balaban J connectivity index is 2.65. The van der Waals surface area contributed by atoms with Crippen molar-refractivity contribution < 1.29 is 13.2 Å². The zero-order valence-electron chi connectivity index (χ0n) is 7.86. The molecule has 1 aliphatic rings. The Kier molecular flexibility index (Phi) is 3.60. The number of halogens is 1. The molecular weight excluding hydrogens is 212 g/mol. The minimum absolute atomic E-state index is 0.0593. The molecule has 0 aromatic heterocycles. The summed E-state index contributed by atoms with van der Waals surface area (Å²) in [6.07, 6.45) is 2.16. The SMILES string of the molecule is CC(C)O[C@H]1CCC[C@H]1S(=O)(=O)Cl. The smallest absolute Gasteiger partial charge is 0.238 e. The van der Waals surface area contributed by atoms with Gasteiger partial charge < -0.3 is 4.74 Å². The number of ether oxygens (including phenoxy) is 1. The standard InChI is InChI=1S/C8H15ClO3S/c1-6(2)12-7-4-3-5-8(7)13(9,10)11/h6-8H,3-5H2,1-2H3/t7-,8+/m0/s1. The van der Waals surface area contributed by atoms with E-state index in [0.29, 0.717) is 6.42 Å². The van der Waals surface area contributed by atoms with E-state index in [4.69, 9.17) is 15.4 Å². The van der Waals surface area contributed by atoms with Crippen molar-refractivity contribution in [3.05, 3.63) is 0 Å². The number of hydrogen-bond donors (Lipinski definition) is 0. The van der Waals surface area contributed by atoms with Crippen LogP contribution in [0.4, 0.5) is 0 Å². The van der Waals surface area contributed by atoms with E-state index in [9.17, 15) is 8.42 Å². The molecule has 0 spiro atoms. The summed E-state index contributed by atoms with van der Waals surface area (Å²) >= 11 is 0. The first-order valence-corrected chi connectivity index (χ1v) is 6.87. The topological polar surface area (TPSA) is 43.4 Å². The molecule has 0 bridgehead atoms. The predicted octanol–water partition coefficient (Wildman–Crippen LogP) is 1.90. The van der Waals surface area contributed by atoms with Gasteiger partial charge >= 0.3 is 0 Å². The van der Waals surface area contributed by atoms with Crippen molar-refractivity contribution in [2.24, 2.45) is 0 Å². The normalized spacial score (nSPS) is 29.8. The fourth-order valence-corrected chi connectivity index (χ4v) is 3.34. The summed E-state index contributed by atoms with van der Waals surface area (Å²) < 4.78 is 27.7. The molecule has 0 N–H and O–H groups in total. The van der Waals surface area contributed by atoms with Gasteiger partial charge in [0.15, 0.2) is 0 Å². The van der Waals surface area contributed by atoms with Gasteiger partial charge in [0.2, 0.25) is 9.05 Å². The van der Waals surface area contributed by atoms with Gasteiger partial charge in [0.1, 0.15) is 5.25 Å². The van der Waals surface area contributed by atoms with Crippen LogP contribution in [0.2, 0.25) is 0 Å². The summed E-state index contributed by atoms with van der Waals surface area (Å²) in [7, 11) is 1.86. The second-order valence-electron chi connectivity index (χ2n) is 3.67. The van der Waals surface area contributed by atoms with E-state index in [-0.39, 0.29) is 12.2 Å². The highest BCUT2D eigenvalue weighted by atomic mass is 35.7. The maximum absolute atomic E-state index is 11.1. The third-order valence-electron chi connectivity index (χ3n) is 2.20. The van der Waals surface area contributed by atoms with Gasteiger partial charge in [0.05, 0.1) is 12.2 Å². The summed E-state index contributed by atoms with van der Waals surface area (Å²) in [6.45, 7) is 3.80. The zero-order chi connectivity index (χ0) is 10.1. The van der Waals surface area contributed by atoms with Gasteiger partial charge in [-0.05, 0) is 33.1 Å². The van der Waals surface area contributed by atoms with Crippen LogP contribution in [0.3, 0.4) is 0 Å². The quantitative estimate of drug-likeness (QED) is 0.691. The van der Waals surface area contributed by atoms with Crippen LogP contribution in [0.15, 0.2) is 0 Å². The first-order chi connectivity index (χ1) is 5.91. The lowest BCUT2D eigenvalue weighted by atomic mass is 10.3. The monoisotopic (exact) mass is 226 g/mol. The molecule has 1 saturated carbocycles. The Morgan fingerprint density at radius 3 is 2.46 bits per heavy atom. The van der Waals surface area contributed by atoms with Crippen LogP contribution in [0, 0.1) is 0 Å². The van der Waals surface area contributed by atoms with E-state index >= 15 is 0 Å². The molecule has 0 heterocycles. The lowest BCUT2D eigenvalue weighted by molar-refractivity contribution is 0.0146. The molecular formula is C8H15ClO3S. The van der Waals surface area contributed by atoms with E-state index in [1.165, 1.54) is 0 Å². The van der Waals surface area contributed by atoms with Gasteiger partial charge in [0.25, 0.3) is 0 Å². The molecule has 1 rings (SSSR count). The van der Waals surface area contributed by atoms with Crippen LogP contribution in [0.1, 0.15) is 33.1 Å². The van der Waals surface area contributed by atoms with Crippen molar-refractivity contribution >= 4 is 19.7 Å². The van der Waals surface area contributed by atoms with Crippen molar-refractivity contribution in [2.75, 3.05) is 0 Å². The summed E-state index contributed by atoms with van der Waals surface area (Å²) in [5.74, 6) is 0. The molecule has 3 nitrogen and oxygen atoms in total. The Morgan fingerprint density at radius 1 is 1.38 bits per heavy atom. The molecule has 0 radical (unpaired) electrons. The van der Waals surface area contributed by atoms with Crippen LogP contribution in [-0.4, -0.2) is 25.9 Å². The minimum atomic E-state index is -3.45. The van der Waals surface area contributed by atoms with E-state index in [2.05, 4.69) is 0 Å². The highest BCUT2D eigenvalue weighted by Gasteiger charge is 2.37. The maximum atomic E-state index is 11.1. The Morgan fingerprint density at radius 2 is 2.00 bits per heavy atom. The Labute approximate surface area is 83.8 Å².